The first-order chi connectivity index (χ1) is 20.5. The van der Waals surface area contributed by atoms with Crippen LogP contribution in [0.25, 0.3) is 0 Å². The Balaban J connectivity index is 1.50. The molecule has 1 aliphatic heterocycles. The highest BCUT2D eigenvalue weighted by Crippen LogP contribution is 2.39. The number of methoxy groups -OCH3 is 1. The highest BCUT2D eigenvalue weighted by atomic mass is 35.5. The van der Waals surface area contributed by atoms with Crippen molar-refractivity contribution in [1.29, 1.82) is 5.41 Å². The second-order valence-electron chi connectivity index (χ2n) is 9.91. The van der Waals surface area contributed by atoms with Crippen molar-refractivity contribution < 1.29 is 23.0 Å². The number of nitrogens with two attached hydrogens (primary N) is 2. The van der Waals surface area contributed by atoms with Crippen LogP contribution < -0.4 is 31.3 Å². The number of allylic oxidation sites excluding steroid dienone is 1. The molecule has 0 aliphatic carbocycles. The third-order valence-electron chi connectivity index (χ3n) is 6.53. The average molecular weight is 615 g/mol. The largest absolute Gasteiger partial charge is 0.497 e. The predicted molar refractivity (Wildman–Crippen MR) is 163 cm³/mol. The van der Waals surface area contributed by atoms with Gasteiger partial charge in [-0.15, -0.1) is 0 Å². The van der Waals surface area contributed by atoms with Crippen molar-refractivity contribution in [1.82, 2.24) is 14.6 Å². The van der Waals surface area contributed by atoms with Crippen molar-refractivity contribution in [3.05, 3.63) is 71.6 Å². The van der Waals surface area contributed by atoms with E-state index in [0.29, 0.717) is 41.5 Å². The number of hydrogen-bond acceptors (Lipinski definition) is 10. The van der Waals surface area contributed by atoms with Gasteiger partial charge in [0.1, 0.15) is 28.7 Å². The van der Waals surface area contributed by atoms with Crippen LogP contribution in [0.2, 0.25) is 0 Å². The van der Waals surface area contributed by atoms with Crippen molar-refractivity contribution in [3.8, 4) is 23.1 Å². The lowest BCUT2D eigenvalue weighted by Crippen LogP contribution is -2.52. The number of ether oxygens (including phenoxy) is 3. The van der Waals surface area contributed by atoms with Gasteiger partial charge in [-0.3, -0.25) is 10.4 Å². The molecule has 1 unspecified atom stereocenters. The van der Waals surface area contributed by atoms with Crippen LogP contribution in [0.1, 0.15) is 24.0 Å². The lowest BCUT2D eigenvalue weighted by atomic mass is 10.0. The minimum atomic E-state index is -3.09. The van der Waals surface area contributed by atoms with E-state index in [1.807, 2.05) is 6.92 Å². The van der Waals surface area contributed by atoms with Crippen molar-refractivity contribution in [3.63, 3.8) is 0 Å². The molecule has 0 spiro atoms. The summed E-state index contributed by atoms with van der Waals surface area (Å²) < 4.78 is 47.5. The molecule has 43 heavy (non-hydrogen) atoms. The fraction of sp³-hybridized carbons (Fsp3) is 0.310. The maximum Gasteiger partial charge on any atom is 0.296 e. The molecule has 11 nitrogen and oxygen atoms in total. The second-order valence-corrected chi connectivity index (χ2v) is 10.3. The standard InChI is InChI=1S/C29H33ClF2N8O3/c1-18-12-19(33)6-7-22(18)43-26-15-25(40(35)17-38-26)37-10-5-4-9-36-21-13-20(41-3)14-23(27(21)28(30)34)42-24-8-11-39(2)16-29(24,31)32/h5-7,9-10,12-15,17,24,34H,4,8,11,16,33,35H2,1-3H3/b10-5-,34-28?,36-9-,37-25-. The normalized spacial score (nSPS) is 17.4. The van der Waals surface area contributed by atoms with Crippen LogP contribution in [0.4, 0.5) is 20.2 Å². The third-order valence-corrected chi connectivity index (χ3v) is 6.72. The SMILES string of the molecule is COc1cc(/N=C\C/C=C\N=c2\cc(Oc3ccc(N)cc3C)ncn2N)c(C(=N)Cl)c(OC2CCN(C)CC2(F)F)c1. The molecule has 228 valence electrons. The van der Waals surface area contributed by atoms with Crippen molar-refractivity contribution in [2.45, 2.75) is 31.8 Å². The summed E-state index contributed by atoms with van der Waals surface area (Å²) in [5.41, 5.74) is 7.99. The van der Waals surface area contributed by atoms with E-state index in [0.717, 1.165) is 5.56 Å². The Morgan fingerprint density at radius 1 is 1.26 bits per heavy atom. The van der Waals surface area contributed by atoms with E-state index in [4.69, 9.17) is 42.8 Å². The Labute approximate surface area is 252 Å². The van der Waals surface area contributed by atoms with Crippen molar-refractivity contribution >= 4 is 34.4 Å². The number of nitrogens with one attached hydrogen (secondary N) is 1. The summed E-state index contributed by atoms with van der Waals surface area (Å²) in [5.74, 6) is 4.09. The van der Waals surface area contributed by atoms with Gasteiger partial charge in [0, 0.05) is 55.7 Å². The molecular weight excluding hydrogens is 582 g/mol. The molecule has 0 bridgehead atoms. The number of halogens is 3. The Bertz CT molecular complexity index is 1610. The van der Waals surface area contributed by atoms with Crippen LogP contribution in [-0.4, -0.2) is 65.2 Å². The van der Waals surface area contributed by atoms with Gasteiger partial charge in [-0.1, -0.05) is 17.7 Å². The van der Waals surface area contributed by atoms with Gasteiger partial charge in [0.05, 0.1) is 24.9 Å². The van der Waals surface area contributed by atoms with Gasteiger partial charge in [0.25, 0.3) is 5.92 Å². The maximum atomic E-state index is 14.7. The average Bonchev–Trinajstić information content (AvgIpc) is 2.94. The van der Waals surface area contributed by atoms with Crippen molar-refractivity contribution in [2.24, 2.45) is 9.98 Å². The molecule has 5 N–H and O–H groups in total. The first-order valence-electron chi connectivity index (χ1n) is 13.3. The number of rotatable bonds is 10. The van der Waals surface area contributed by atoms with Gasteiger partial charge in [0.2, 0.25) is 5.88 Å². The van der Waals surface area contributed by atoms with E-state index in [9.17, 15) is 8.78 Å². The summed E-state index contributed by atoms with van der Waals surface area (Å²) >= 11 is 6.07. The molecule has 1 aromatic heterocycles. The number of hydrogen-bond donors (Lipinski definition) is 3. The highest BCUT2D eigenvalue weighted by molar-refractivity contribution is 6.69. The first kappa shape index (κ1) is 31.4. The summed E-state index contributed by atoms with van der Waals surface area (Å²) in [5, 5.41) is 7.68. The number of aromatic nitrogens is 2. The van der Waals surface area contributed by atoms with Gasteiger partial charge < -0.3 is 30.7 Å². The lowest BCUT2D eigenvalue weighted by Gasteiger charge is -2.36. The van der Waals surface area contributed by atoms with Crippen LogP contribution in [0.15, 0.2) is 65.0 Å². The van der Waals surface area contributed by atoms with Gasteiger partial charge in [0.15, 0.2) is 11.6 Å². The molecular formula is C29H33ClF2N8O3. The summed E-state index contributed by atoms with van der Waals surface area (Å²) in [7, 11) is 3.06. The molecule has 0 amide bonds. The summed E-state index contributed by atoms with van der Waals surface area (Å²) in [4.78, 5) is 14.5. The topological polar surface area (TPSA) is 149 Å². The molecule has 2 aromatic carbocycles. The predicted octanol–water partition coefficient (Wildman–Crippen LogP) is 4.78. The van der Waals surface area contributed by atoms with E-state index < -0.39 is 23.7 Å². The smallest absolute Gasteiger partial charge is 0.296 e. The Kier molecular flexibility index (Phi) is 9.99. The molecule has 1 atom stereocenters. The van der Waals surface area contributed by atoms with Crippen LogP contribution in [0.5, 0.6) is 23.1 Å². The molecule has 2 heterocycles. The fourth-order valence-corrected chi connectivity index (χ4v) is 4.55. The Hall–Kier alpha value is -4.49. The minimum absolute atomic E-state index is 0.00337. The zero-order valence-electron chi connectivity index (χ0n) is 23.9. The summed E-state index contributed by atoms with van der Waals surface area (Å²) in [6.45, 7) is 1.89. The van der Waals surface area contributed by atoms with Crippen LogP contribution in [0, 0.1) is 12.3 Å². The summed E-state index contributed by atoms with van der Waals surface area (Å²) in [6, 6.07) is 9.85. The molecule has 0 saturated carbocycles. The third kappa shape index (κ3) is 8.08. The second kappa shape index (κ2) is 13.7. The van der Waals surface area contributed by atoms with Gasteiger partial charge in [-0.2, -0.15) is 0 Å². The number of alkyl halides is 2. The van der Waals surface area contributed by atoms with E-state index >= 15 is 0 Å². The molecule has 0 radical (unpaired) electrons. The minimum Gasteiger partial charge on any atom is -0.497 e. The van der Waals surface area contributed by atoms with E-state index in [1.165, 1.54) is 30.4 Å². The molecule has 1 fully saturated rings. The number of anilines is 1. The number of nitrogens with zero attached hydrogens (tertiary/aromatic N) is 5. The van der Waals surface area contributed by atoms with Crippen LogP contribution in [0.3, 0.4) is 0 Å². The molecule has 14 heteroatoms. The van der Waals surface area contributed by atoms with Crippen LogP contribution in [-0.2, 0) is 0 Å². The van der Waals surface area contributed by atoms with Gasteiger partial charge in [-0.05, 0) is 37.7 Å². The van der Waals surface area contributed by atoms with E-state index in [1.54, 1.807) is 54.6 Å². The molecule has 1 aliphatic rings. The monoisotopic (exact) mass is 614 g/mol. The first-order valence-corrected chi connectivity index (χ1v) is 13.6. The zero-order chi connectivity index (χ0) is 31.1. The quantitative estimate of drug-likeness (QED) is 0.169. The molecule has 3 aromatic rings. The van der Waals surface area contributed by atoms with Crippen LogP contribution >= 0.6 is 11.6 Å². The molecule has 1 saturated heterocycles. The van der Waals surface area contributed by atoms with Gasteiger partial charge >= 0.3 is 0 Å². The number of aliphatic imine (C=N–C) groups is 1. The van der Waals surface area contributed by atoms with Gasteiger partial charge in [-0.25, -0.2) is 23.4 Å². The number of nitrogen functional groups attached to an aromatic ring is 2. The van der Waals surface area contributed by atoms with E-state index in [-0.39, 0.29) is 23.4 Å². The number of benzene rings is 2. The molecule has 4 rings (SSSR count). The number of aryl methyl sites for hydroxylation is 1. The maximum absolute atomic E-state index is 14.7. The Morgan fingerprint density at radius 3 is 2.74 bits per heavy atom. The fourth-order valence-electron chi connectivity index (χ4n) is 4.36. The summed E-state index contributed by atoms with van der Waals surface area (Å²) in [6.07, 6.45) is 5.25. The number of likely N-dealkylation sites (tertiary alicyclic amines) is 1. The van der Waals surface area contributed by atoms with E-state index in [2.05, 4.69) is 15.0 Å². The zero-order valence-corrected chi connectivity index (χ0v) is 24.7. The number of piperidine rings is 1. The Morgan fingerprint density at radius 2 is 2.05 bits per heavy atom. The lowest BCUT2D eigenvalue weighted by molar-refractivity contribution is -0.135. The highest BCUT2D eigenvalue weighted by Gasteiger charge is 2.46. The van der Waals surface area contributed by atoms with Crippen molar-refractivity contribution in [2.75, 3.05) is 38.8 Å².